The van der Waals surface area contributed by atoms with Crippen LogP contribution in [0.5, 0.6) is 0 Å². The Morgan fingerprint density at radius 1 is 0.846 bits per heavy atom. The molecule has 0 aliphatic carbocycles. The van der Waals surface area contributed by atoms with Crippen LogP contribution < -0.4 is 0 Å². The zero-order valence-electron chi connectivity index (χ0n) is 18.9. The van der Waals surface area contributed by atoms with Gasteiger partial charge in [0.15, 0.2) is 0 Å². The van der Waals surface area contributed by atoms with E-state index < -0.39 is 18.4 Å². The van der Waals surface area contributed by atoms with E-state index in [1.165, 1.54) is 38.5 Å². The van der Waals surface area contributed by atoms with Crippen molar-refractivity contribution in [2.75, 3.05) is 0 Å². The molecule has 0 rings (SSSR count). The summed E-state index contributed by atoms with van der Waals surface area (Å²) in [6.07, 6.45) is 13.2. The van der Waals surface area contributed by atoms with Crippen LogP contribution in [0, 0.1) is 5.92 Å². The Bertz CT molecular complexity index is 330. The van der Waals surface area contributed by atoms with Gasteiger partial charge in [-0.3, -0.25) is 0 Å². The Morgan fingerprint density at radius 3 is 1.65 bits per heavy atom. The van der Waals surface area contributed by atoms with Crippen LogP contribution in [-0.4, -0.2) is 35.7 Å². The van der Waals surface area contributed by atoms with Gasteiger partial charge < -0.3 is 0 Å². The summed E-state index contributed by atoms with van der Waals surface area (Å²) in [4.78, 5) is 0. The van der Waals surface area contributed by atoms with Crippen molar-refractivity contribution >= 4 is 18.4 Å². The summed E-state index contributed by atoms with van der Waals surface area (Å²) in [7, 11) is 0. The molecule has 3 atom stereocenters. The zero-order chi connectivity index (χ0) is 20.0. The van der Waals surface area contributed by atoms with Crippen LogP contribution >= 0.6 is 0 Å². The topological polar surface area (TPSA) is 29.5 Å². The van der Waals surface area contributed by atoms with Gasteiger partial charge in [0.2, 0.25) is 0 Å². The van der Waals surface area contributed by atoms with Crippen molar-refractivity contribution in [2.24, 2.45) is 5.92 Å². The maximum absolute atomic E-state index is 9.55. The molecule has 0 radical (unpaired) electrons. The average molecular weight is 475 g/mol. The quantitative estimate of drug-likeness (QED) is 0.185. The van der Waals surface area contributed by atoms with Crippen molar-refractivity contribution in [1.82, 2.24) is 0 Å². The second kappa shape index (κ2) is 15.2. The van der Waals surface area contributed by atoms with E-state index in [4.69, 9.17) is 4.74 Å². The Kier molecular flexibility index (Phi) is 15.4. The van der Waals surface area contributed by atoms with Crippen LogP contribution in [0.1, 0.15) is 93.4 Å². The predicted octanol–water partition coefficient (Wildman–Crippen LogP) is 7.55. The van der Waals surface area contributed by atoms with Crippen LogP contribution in [-0.2, 0) is 4.74 Å². The summed E-state index contributed by atoms with van der Waals surface area (Å²) in [6.45, 7) is 15.8. The number of hydrogen-bond donors (Lipinski definition) is 1. The number of aliphatic hydroxyl groups is 1. The molecular weight excluding hydrogens is 427 g/mol. The van der Waals surface area contributed by atoms with Crippen molar-refractivity contribution in [2.45, 2.75) is 123 Å². The van der Waals surface area contributed by atoms with Gasteiger partial charge in [0.05, 0.1) is 0 Å². The molecule has 0 aliphatic heterocycles. The first-order chi connectivity index (χ1) is 12.3. The van der Waals surface area contributed by atoms with Gasteiger partial charge in [-0.15, -0.1) is 0 Å². The van der Waals surface area contributed by atoms with Crippen molar-refractivity contribution in [1.29, 1.82) is 0 Å². The van der Waals surface area contributed by atoms with Crippen molar-refractivity contribution in [3.05, 3.63) is 12.3 Å². The van der Waals surface area contributed by atoms with Gasteiger partial charge in [-0.05, 0) is 0 Å². The van der Waals surface area contributed by atoms with Crippen LogP contribution in [0.2, 0.25) is 17.2 Å². The molecule has 156 valence electrons. The van der Waals surface area contributed by atoms with Crippen LogP contribution in [0.3, 0.4) is 0 Å². The second-order valence-corrected chi connectivity index (χ2v) is 22.8. The molecule has 0 aromatic heterocycles. The first-order valence-corrected chi connectivity index (χ1v) is 19.0. The molecule has 0 aliphatic rings. The molecule has 0 heterocycles. The monoisotopic (exact) mass is 476 g/mol. The number of unbranched alkanes of at least 4 members (excludes halogenated alkanes) is 3. The first kappa shape index (κ1) is 26.3. The Morgan fingerprint density at radius 2 is 1.31 bits per heavy atom. The number of aliphatic hydroxyl groups excluding tert-OH is 1. The molecule has 1 N–H and O–H groups in total. The van der Waals surface area contributed by atoms with Crippen molar-refractivity contribution in [3.63, 3.8) is 0 Å². The standard InChI is InChI=1S/C11H21O2.3C4H9.Sn/c1-9(2)6-5-7-13-11(4)8-10(3)12;3*1-3-4-2;/h5-7,9-12H,8H2,1-4H3;3*1,3-4H2,2H3;/b7-5+;;;;/t10-,11-;;;;/m1..../s1. The van der Waals surface area contributed by atoms with Gasteiger partial charge in [0, 0.05) is 0 Å². The summed E-state index contributed by atoms with van der Waals surface area (Å²) >= 11 is -2.28. The fraction of sp³-hybridized carbons (Fsp3) is 0.913. The molecule has 1 unspecified atom stereocenters. The summed E-state index contributed by atoms with van der Waals surface area (Å²) in [5.74, 6) is 0.711. The maximum atomic E-state index is 9.55. The molecule has 0 spiro atoms. The molecule has 3 heteroatoms. The predicted molar refractivity (Wildman–Crippen MR) is 119 cm³/mol. The molecule has 0 aromatic rings. The molecule has 2 nitrogen and oxygen atoms in total. The number of hydrogen-bond acceptors (Lipinski definition) is 2. The fourth-order valence-electron chi connectivity index (χ4n) is 4.40. The number of rotatable bonds is 16. The van der Waals surface area contributed by atoms with Gasteiger partial charge in [-0.25, -0.2) is 0 Å². The third kappa shape index (κ3) is 10.6. The minimum atomic E-state index is -2.28. The summed E-state index contributed by atoms with van der Waals surface area (Å²) in [5.41, 5.74) is 0. The minimum absolute atomic E-state index is 0.0885. The van der Waals surface area contributed by atoms with Gasteiger partial charge in [0.25, 0.3) is 0 Å². The molecule has 0 aromatic carbocycles. The fourth-order valence-corrected chi connectivity index (χ4v) is 23.9. The molecule has 0 saturated heterocycles. The molecule has 26 heavy (non-hydrogen) atoms. The number of ether oxygens (including phenoxy) is 1. The van der Waals surface area contributed by atoms with E-state index in [-0.39, 0.29) is 12.2 Å². The van der Waals surface area contributed by atoms with E-state index >= 15 is 0 Å². The van der Waals surface area contributed by atoms with Crippen LogP contribution in [0.25, 0.3) is 0 Å². The molecule has 0 bridgehead atoms. The van der Waals surface area contributed by atoms with E-state index in [1.54, 1.807) is 13.3 Å². The van der Waals surface area contributed by atoms with Crippen molar-refractivity contribution < 1.29 is 9.84 Å². The van der Waals surface area contributed by atoms with Gasteiger partial charge in [-0.2, -0.15) is 0 Å². The van der Waals surface area contributed by atoms with Gasteiger partial charge in [-0.1, -0.05) is 0 Å². The molecule has 0 fully saturated rings. The third-order valence-electron chi connectivity index (χ3n) is 5.78. The molecular formula is C23H48O2Sn. The summed E-state index contributed by atoms with van der Waals surface area (Å²) in [5, 5.41) is 9.55. The van der Waals surface area contributed by atoms with Gasteiger partial charge in [0.1, 0.15) is 0 Å². The van der Waals surface area contributed by atoms with E-state index in [1.807, 2.05) is 13.2 Å². The van der Waals surface area contributed by atoms with E-state index in [9.17, 15) is 5.11 Å². The van der Waals surface area contributed by atoms with E-state index in [0.29, 0.717) is 12.3 Å². The molecule has 0 amide bonds. The second-order valence-electron chi connectivity index (χ2n) is 8.80. The summed E-state index contributed by atoms with van der Waals surface area (Å²) in [6, 6.07) is 0. The third-order valence-corrected chi connectivity index (χ3v) is 23.8. The van der Waals surface area contributed by atoms with Crippen LogP contribution in [0.4, 0.5) is 0 Å². The van der Waals surface area contributed by atoms with E-state index in [0.717, 1.165) is 3.93 Å². The van der Waals surface area contributed by atoms with Crippen LogP contribution in [0.15, 0.2) is 12.3 Å². The summed E-state index contributed by atoms with van der Waals surface area (Å²) < 4.78 is 11.3. The zero-order valence-corrected chi connectivity index (χ0v) is 21.7. The Balaban J connectivity index is 5.37. The SMILES string of the molecule is CCC[CH2][Sn]([CH2]CCC)([CH2]CCC)[CH](/C=C/O[C@H](C)C[C@@H](C)O)C(C)C. The average Bonchev–Trinajstić information content (AvgIpc) is 2.58. The first-order valence-electron chi connectivity index (χ1n) is 11.3. The molecule has 0 saturated carbocycles. The number of allylic oxidation sites excluding steroid dienone is 1. The van der Waals surface area contributed by atoms with Crippen molar-refractivity contribution in [3.8, 4) is 0 Å². The normalized spacial score (nSPS) is 16.2. The van der Waals surface area contributed by atoms with Gasteiger partial charge >= 0.3 is 169 Å². The Labute approximate surface area is 169 Å². The van der Waals surface area contributed by atoms with E-state index in [2.05, 4.69) is 47.6 Å². The Hall–Kier alpha value is 0.299.